The Hall–Kier alpha value is -1.30. The summed E-state index contributed by atoms with van der Waals surface area (Å²) < 4.78 is 5.44. The predicted octanol–water partition coefficient (Wildman–Crippen LogP) is 2.31. The maximum atomic E-state index is 12.6. The van der Waals surface area contributed by atoms with E-state index in [0.717, 1.165) is 52.0 Å². The summed E-state index contributed by atoms with van der Waals surface area (Å²) in [6.07, 6.45) is 3.14. The Labute approximate surface area is 156 Å². The molecule has 3 rings (SSSR count). The molecule has 2 heterocycles. The number of ether oxygens (including phenoxy) is 1. The van der Waals surface area contributed by atoms with E-state index in [1.807, 2.05) is 23.1 Å². The number of carbonyl (C=O) groups excluding carboxylic acids is 1. The van der Waals surface area contributed by atoms with Crippen LogP contribution < -0.4 is 10.6 Å². The maximum absolute atomic E-state index is 12.6. The van der Waals surface area contributed by atoms with E-state index >= 15 is 0 Å². The normalized spacial score (nSPS) is 21.8. The van der Waals surface area contributed by atoms with Crippen molar-refractivity contribution in [2.45, 2.75) is 19.3 Å². The monoisotopic (exact) mass is 367 g/mol. The molecule has 6 heteroatoms. The Balaban J connectivity index is 0.00000225. The van der Waals surface area contributed by atoms with E-state index in [4.69, 9.17) is 4.74 Å². The van der Waals surface area contributed by atoms with Crippen LogP contribution in [0.2, 0.25) is 0 Å². The molecular formula is C19H30ClN3O2. The molecule has 1 aromatic carbocycles. The largest absolute Gasteiger partial charge is 0.384 e. The number of nitrogens with one attached hydrogen (secondary N) is 2. The van der Waals surface area contributed by atoms with E-state index in [9.17, 15) is 4.79 Å². The number of urea groups is 1. The van der Waals surface area contributed by atoms with Gasteiger partial charge in [-0.15, -0.1) is 12.4 Å². The molecule has 2 amide bonds. The molecule has 1 unspecified atom stereocenters. The van der Waals surface area contributed by atoms with Crippen molar-refractivity contribution >= 4 is 18.4 Å². The van der Waals surface area contributed by atoms with Gasteiger partial charge in [-0.05, 0) is 43.3 Å². The Bertz CT molecular complexity index is 535. The van der Waals surface area contributed by atoms with Crippen molar-refractivity contribution in [1.82, 2.24) is 15.5 Å². The number of amides is 2. The number of likely N-dealkylation sites (tertiary alicyclic amines) is 1. The van der Waals surface area contributed by atoms with Gasteiger partial charge in [0.05, 0.1) is 6.61 Å². The average molecular weight is 368 g/mol. The molecule has 0 bridgehead atoms. The first-order chi connectivity index (χ1) is 11.7. The van der Waals surface area contributed by atoms with E-state index in [1.54, 1.807) is 7.11 Å². The quantitative estimate of drug-likeness (QED) is 0.839. The van der Waals surface area contributed by atoms with Gasteiger partial charge in [-0.3, -0.25) is 0 Å². The van der Waals surface area contributed by atoms with Gasteiger partial charge in [-0.1, -0.05) is 30.3 Å². The fourth-order valence-corrected chi connectivity index (χ4v) is 4.18. The van der Waals surface area contributed by atoms with E-state index in [2.05, 4.69) is 22.8 Å². The summed E-state index contributed by atoms with van der Waals surface area (Å²) in [7, 11) is 1.76. The zero-order valence-corrected chi connectivity index (χ0v) is 15.8. The number of benzene rings is 1. The van der Waals surface area contributed by atoms with Crippen LogP contribution in [0.5, 0.6) is 0 Å². The summed E-state index contributed by atoms with van der Waals surface area (Å²) in [5, 5.41) is 6.52. The lowest BCUT2D eigenvalue weighted by Gasteiger charge is -2.38. The Kier molecular flexibility index (Phi) is 7.54. The van der Waals surface area contributed by atoms with E-state index in [-0.39, 0.29) is 23.9 Å². The summed E-state index contributed by atoms with van der Waals surface area (Å²) in [5.74, 6) is 0.449. The molecule has 0 saturated carbocycles. The molecule has 2 saturated heterocycles. The molecule has 0 aliphatic carbocycles. The third-order valence-electron chi connectivity index (χ3n) is 5.60. The maximum Gasteiger partial charge on any atom is 0.317 e. The molecule has 2 fully saturated rings. The summed E-state index contributed by atoms with van der Waals surface area (Å²) >= 11 is 0. The highest BCUT2D eigenvalue weighted by Gasteiger charge is 2.48. The van der Waals surface area contributed by atoms with Gasteiger partial charge in [-0.2, -0.15) is 0 Å². The van der Waals surface area contributed by atoms with Crippen molar-refractivity contribution in [2.24, 2.45) is 11.3 Å². The fraction of sp³-hybridized carbons (Fsp3) is 0.632. The summed E-state index contributed by atoms with van der Waals surface area (Å²) in [4.78, 5) is 14.6. The van der Waals surface area contributed by atoms with E-state index < -0.39 is 0 Å². The minimum atomic E-state index is 0. The lowest BCUT2D eigenvalue weighted by molar-refractivity contribution is 0.0717. The topological polar surface area (TPSA) is 53.6 Å². The van der Waals surface area contributed by atoms with Gasteiger partial charge >= 0.3 is 6.03 Å². The van der Waals surface area contributed by atoms with Gasteiger partial charge in [0.1, 0.15) is 0 Å². The van der Waals surface area contributed by atoms with Crippen LogP contribution in [0.25, 0.3) is 0 Å². The lowest BCUT2D eigenvalue weighted by atomic mass is 9.71. The lowest BCUT2D eigenvalue weighted by Crippen LogP contribution is -2.44. The molecule has 2 N–H and O–H groups in total. The van der Waals surface area contributed by atoms with Crippen LogP contribution >= 0.6 is 12.4 Å². The number of hydrogen-bond donors (Lipinski definition) is 2. The number of methoxy groups -OCH3 is 1. The number of hydrogen-bond acceptors (Lipinski definition) is 3. The zero-order chi connectivity index (χ0) is 16.8. The highest BCUT2D eigenvalue weighted by molar-refractivity contribution is 5.85. The van der Waals surface area contributed by atoms with Crippen molar-refractivity contribution in [3.63, 3.8) is 0 Å². The van der Waals surface area contributed by atoms with Crippen molar-refractivity contribution in [2.75, 3.05) is 46.4 Å². The Morgan fingerprint density at radius 3 is 2.72 bits per heavy atom. The number of rotatable bonds is 5. The highest BCUT2D eigenvalue weighted by atomic mass is 35.5. The van der Waals surface area contributed by atoms with Gasteiger partial charge in [0.2, 0.25) is 0 Å². The second-order valence-electron chi connectivity index (χ2n) is 7.11. The SMILES string of the molecule is COCC1CN(C(=O)NCCc2ccccc2)CC12CCNCC2.Cl. The second-order valence-corrected chi connectivity index (χ2v) is 7.11. The summed E-state index contributed by atoms with van der Waals surface area (Å²) in [6, 6.07) is 10.4. The molecule has 140 valence electrons. The molecule has 0 aromatic heterocycles. The Morgan fingerprint density at radius 1 is 1.32 bits per heavy atom. The van der Waals surface area contributed by atoms with Gasteiger partial charge < -0.3 is 20.3 Å². The standard InChI is InChI=1S/C19H29N3O2.ClH/c1-24-14-17-13-22(15-19(17)8-11-20-12-9-19)18(23)21-10-7-16-5-3-2-4-6-16;/h2-6,17,20H,7-15H2,1H3,(H,21,23);1H. The van der Waals surface area contributed by atoms with E-state index in [0.29, 0.717) is 12.5 Å². The summed E-state index contributed by atoms with van der Waals surface area (Å²) in [6.45, 7) is 5.19. The molecule has 1 aromatic rings. The minimum absolute atomic E-state index is 0. The van der Waals surface area contributed by atoms with Gasteiger partial charge in [0.25, 0.3) is 0 Å². The van der Waals surface area contributed by atoms with Crippen molar-refractivity contribution < 1.29 is 9.53 Å². The molecule has 5 nitrogen and oxygen atoms in total. The van der Waals surface area contributed by atoms with Crippen molar-refractivity contribution in [3.05, 3.63) is 35.9 Å². The molecule has 2 aliphatic heterocycles. The first kappa shape index (κ1) is 20.0. The van der Waals surface area contributed by atoms with Crippen LogP contribution in [0.15, 0.2) is 30.3 Å². The predicted molar refractivity (Wildman–Crippen MR) is 102 cm³/mol. The van der Waals surface area contributed by atoms with Crippen LogP contribution in [0.4, 0.5) is 4.79 Å². The van der Waals surface area contributed by atoms with Crippen LogP contribution in [0.3, 0.4) is 0 Å². The number of piperidine rings is 1. The molecule has 25 heavy (non-hydrogen) atoms. The molecule has 2 aliphatic rings. The average Bonchev–Trinajstić information content (AvgIpc) is 2.95. The third kappa shape index (κ3) is 4.87. The summed E-state index contributed by atoms with van der Waals surface area (Å²) in [5.41, 5.74) is 1.49. The van der Waals surface area contributed by atoms with Crippen LogP contribution in [0, 0.1) is 11.3 Å². The van der Waals surface area contributed by atoms with Gasteiger partial charge in [0.15, 0.2) is 0 Å². The number of halogens is 1. The highest BCUT2D eigenvalue weighted by Crippen LogP contribution is 2.43. The van der Waals surface area contributed by atoms with Crippen LogP contribution in [0.1, 0.15) is 18.4 Å². The fourth-order valence-electron chi connectivity index (χ4n) is 4.18. The third-order valence-corrected chi connectivity index (χ3v) is 5.60. The number of nitrogens with zero attached hydrogens (tertiary/aromatic N) is 1. The number of carbonyl (C=O) groups is 1. The van der Waals surface area contributed by atoms with E-state index in [1.165, 1.54) is 5.56 Å². The van der Waals surface area contributed by atoms with Crippen LogP contribution in [-0.4, -0.2) is 57.4 Å². The molecule has 0 radical (unpaired) electrons. The zero-order valence-electron chi connectivity index (χ0n) is 15.0. The van der Waals surface area contributed by atoms with Crippen molar-refractivity contribution in [3.8, 4) is 0 Å². The van der Waals surface area contributed by atoms with Crippen molar-refractivity contribution in [1.29, 1.82) is 0 Å². The minimum Gasteiger partial charge on any atom is -0.384 e. The van der Waals surface area contributed by atoms with Crippen LogP contribution in [-0.2, 0) is 11.2 Å². The molecule has 1 atom stereocenters. The smallest absolute Gasteiger partial charge is 0.317 e. The molecular weight excluding hydrogens is 338 g/mol. The van der Waals surface area contributed by atoms with Gasteiger partial charge in [0, 0.05) is 32.7 Å². The second kappa shape index (κ2) is 9.41. The first-order valence-electron chi connectivity index (χ1n) is 9.00. The Morgan fingerprint density at radius 2 is 2.04 bits per heavy atom. The van der Waals surface area contributed by atoms with Gasteiger partial charge in [-0.25, -0.2) is 4.79 Å². The molecule has 1 spiro atoms. The first-order valence-corrected chi connectivity index (χ1v) is 9.00.